The number of benzene rings is 1. The summed E-state index contributed by atoms with van der Waals surface area (Å²) in [5, 5.41) is 20.1. The predicted molar refractivity (Wildman–Crippen MR) is 64.0 cm³/mol. The molecule has 7 heteroatoms. The monoisotopic (exact) mass is 273 g/mol. The summed E-state index contributed by atoms with van der Waals surface area (Å²) in [5.41, 5.74) is 0.169. The summed E-state index contributed by atoms with van der Waals surface area (Å²) in [6, 6.07) is 4.47. The maximum Gasteiger partial charge on any atom is 0.334 e. The minimum Gasteiger partial charge on any atom is -0.496 e. The van der Waals surface area contributed by atoms with E-state index in [-0.39, 0.29) is 5.56 Å². The fourth-order valence-corrected chi connectivity index (χ4v) is 1.40. The smallest absolute Gasteiger partial charge is 0.334 e. The molecule has 1 aromatic rings. The van der Waals surface area contributed by atoms with Gasteiger partial charge in [-0.15, -0.1) is 0 Å². The molecule has 0 aliphatic heterocycles. The Labute approximate surface area is 108 Å². The second kappa shape index (κ2) is 6.23. The van der Waals surface area contributed by atoms with Crippen molar-refractivity contribution < 1.29 is 24.5 Å². The number of hydrogen-bond acceptors (Lipinski definition) is 4. The number of rotatable bonds is 5. The van der Waals surface area contributed by atoms with Gasteiger partial charge in [0.05, 0.1) is 19.2 Å². The minimum absolute atomic E-state index is 0.169. The zero-order valence-corrected chi connectivity index (χ0v) is 10.3. The maximum absolute atomic E-state index is 11.7. The quantitative estimate of drug-likeness (QED) is 0.727. The van der Waals surface area contributed by atoms with Crippen LogP contribution >= 0.6 is 11.6 Å². The fraction of sp³-hybridized carbons (Fsp3) is 0.273. The molecule has 0 aliphatic rings. The van der Waals surface area contributed by atoms with Crippen LogP contribution in [0, 0.1) is 0 Å². The Kier molecular flexibility index (Phi) is 4.94. The van der Waals surface area contributed by atoms with Crippen LogP contribution in [0.15, 0.2) is 18.2 Å². The Morgan fingerprint density at radius 2 is 2.17 bits per heavy atom. The first-order valence-corrected chi connectivity index (χ1v) is 5.36. The lowest BCUT2D eigenvalue weighted by atomic mass is 10.2. The van der Waals surface area contributed by atoms with E-state index < -0.39 is 24.5 Å². The van der Waals surface area contributed by atoms with Gasteiger partial charge in [0.15, 0.2) is 6.10 Å². The van der Waals surface area contributed by atoms with Gasteiger partial charge in [-0.25, -0.2) is 4.79 Å². The third kappa shape index (κ3) is 3.61. The minimum atomic E-state index is -1.65. The number of aliphatic hydroxyl groups is 1. The van der Waals surface area contributed by atoms with E-state index in [4.69, 9.17) is 26.6 Å². The molecule has 0 spiro atoms. The van der Waals surface area contributed by atoms with E-state index in [1.54, 1.807) is 6.07 Å². The number of carbonyl (C=O) groups excluding carboxylic acids is 1. The number of methoxy groups -OCH3 is 1. The van der Waals surface area contributed by atoms with Crippen molar-refractivity contribution in [1.82, 2.24) is 5.32 Å². The number of ether oxygens (including phenoxy) is 1. The van der Waals surface area contributed by atoms with Crippen LogP contribution in [-0.4, -0.2) is 41.8 Å². The number of halogens is 1. The highest BCUT2D eigenvalue weighted by Crippen LogP contribution is 2.22. The Bertz CT molecular complexity index is 463. The number of amides is 1. The van der Waals surface area contributed by atoms with E-state index >= 15 is 0 Å². The number of carboxylic acids is 1. The van der Waals surface area contributed by atoms with Crippen molar-refractivity contribution in [1.29, 1.82) is 0 Å². The zero-order valence-electron chi connectivity index (χ0n) is 9.51. The number of carbonyl (C=O) groups is 2. The summed E-state index contributed by atoms with van der Waals surface area (Å²) >= 11 is 5.75. The molecule has 0 unspecified atom stereocenters. The molecule has 1 amide bonds. The highest BCUT2D eigenvalue weighted by molar-refractivity contribution is 6.31. The second-order valence-electron chi connectivity index (χ2n) is 3.41. The first-order valence-electron chi connectivity index (χ1n) is 4.98. The molecule has 6 nitrogen and oxygen atoms in total. The Morgan fingerprint density at radius 1 is 1.50 bits per heavy atom. The molecule has 0 heterocycles. The SMILES string of the molecule is COc1ccc(Cl)cc1C(=O)NC[C@H](O)C(=O)O. The normalized spacial score (nSPS) is 11.7. The van der Waals surface area contributed by atoms with Gasteiger partial charge in [0, 0.05) is 5.02 Å². The summed E-state index contributed by atoms with van der Waals surface area (Å²) in [7, 11) is 1.39. The van der Waals surface area contributed by atoms with E-state index in [1.165, 1.54) is 19.2 Å². The number of carboxylic acid groups (broad SMARTS) is 1. The van der Waals surface area contributed by atoms with E-state index in [9.17, 15) is 9.59 Å². The summed E-state index contributed by atoms with van der Waals surface area (Å²) in [6.45, 7) is -0.399. The molecule has 0 fully saturated rings. The Morgan fingerprint density at radius 3 is 2.72 bits per heavy atom. The van der Waals surface area contributed by atoms with Crippen molar-refractivity contribution in [2.45, 2.75) is 6.10 Å². The van der Waals surface area contributed by atoms with E-state index in [1.807, 2.05) is 0 Å². The predicted octanol–water partition coefficient (Wildman–Crippen LogP) is 0.524. The van der Waals surface area contributed by atoms with Crippen molar-refractivity contribution in [3.8, 4) is 5.75 Å². The molecule has 0 aliphatic carbocycles. The van der Waals surface area contributed by atoms with E-state index in [0.717, 1.165) is 0 Å². The molecule has 0 saturated heterocycles. The van der Waals surface area contributed by atoms with Crippen LogP contribution in [0.25, 0.3) is 0 Å². The standard InChI is InChI=1S/C11H12ClNO5/c1-18-9-3-2-6(12)4-7(9)10(15)13-5-8(14)11(16)17/h2-4,8,14H,5H2,1H3,(H,13,15)(H,16,17)/t8-/m0/s1. The van der Waals surface area contributed by atoms with Gasteiger partial charge in [-0.3, -0.25) is 4.79 Å². The number of aliphatic hydroxyl groups excluding tert-OH is 1. The van der Waals surface area contributed by atoms with Gasteiger partial charge >= 0.3 is 5.97 Å². The maximum atomic E-state index is 11.7. The van der Waals surface area contributed by atoms with Crippen molar-refractivity contribution in [2.75, 3.05) is 13.7 Å². The Hall–Kier alpha value is -1.79. The topological polar surface area (TPSA) is 95.9 Å². The number of aliphatic carboxylic acids is 1. The summed E-state index contributed by atoms with van der Waals surface area (Å²) in [4.78, 5) is 22.1. The lowest BCUT2D eigenvalue weighted by Crippen LogP contribution is -2.36. The van der Waals surface area contributed by atoms with Gasteiger partial charge in [0.2, 0.25) is 0 Å². The third-order valence-electron chi connectivity index (χ3n) is 2.15. The van der Waals surface area contributed by atoms with E-state index in [2.05, 4.69) is 5.32 Å². The van der Waals surface area contributed by atoms with Crippen molar-refractivity contribution in [3.63, 3.8) is 0 Å². The molecule has 3 N–H and O–H groups in total. The highest BCUT2D eigenvalue weighted by atomic mass is 35.5. The molecule has 1 aromatic carbocycles. The number of nitrogens with one attached hydrogen (secondary N) is 1. The lowest BCUT2D eigenvalue weighted by Gasteiger charge is -2.10. The largest absolute Gasteiger partial charge is 0.496 e. The average molecular weight is 274 g/mol. The van der Waals surface area contributed by atoms with Crippen molar-refractivity contribution >= 4 is 23.5 Å². The molecule has 1 atom stereocenters. The van der Waals surface area contributed by atoms with Crippen LogP contribution in [-0.2, 0) is 4.79 Å². The molecule has 0 aromatic heterocycles. The van der Waals surface area contributed by atoms with Gasteiger partial charge < -0.3 is 20.3 Å². The summed E-state index contributed by atoms with van der Waals surface area (Å²) in [6.07, 6.45) is -1.65. The third-order valence-corrected chi connectivity index (χ3v) is 2.38. The van der Waals surface area contributed by atoms with Crippen LogP contribution in [0.5, 0.6) is 5.75 Å². The number of hydrogen-bond donors (Lipinski definition) is 3. The first kappa shape index (κ1) is 14.3. The molecular formula is C11H12ClNO5. The van der Waals surface area contributed by atoms with Gasteiger partial charge in [-0.05, 0) is 18.2 Å². The van der Waals surface area contributed by atoms with Gasteiger partial charge in [-0.2, -0.15) is 0 Å². The molecule has 1 rings (SSSR count). The van der Waals surface area contributed by atoms with Crippen LogP contribution in [0.3, 0.4) is 0 Å². The molecule has 18 heavy (non-hydrogen) atoms. The van der Waals surface area contributed by atoms with E-state index in [0.29, 0.717) is 10.8 Å². The van der Waals surface area contributed by atoms with Crippen LogP contribution < -0.4 is 10.1 Å². The fourth-order valence-electron chi connectivity index (χ4n) is 1.23. The molecule has 0 radical (unpaired) electrons. The zero-order chi connectivity index (χ0) is 13.7. The van der Waals surface area contributed by atoms with Crippen LogP contribution in [0.2, 0.25) is 5.02 Å². The Balaban J connectivity index is 2.78. The second-order valence-corrected chi connectivity index (χ2v) is 3.85. The molecular weight excluding hydrogens is 262 g/mol. The lowest BCUT2D eigenvalue weighted by molar-refractivity contribution is -0.146. The summed E-state index contributed by atoms with van der Waals surface area (Å²) in [5.74, 6) is -1.68. The van der Waals surface area contributed by atoms with Crippen molar-refractivity contribution in [2.24, 2.45) is 0 Å². The van der Waals surface area contributed by atoms with Gasteiger partial charge in [0.25, 0.3) is 5.91 Å². The first-order chi connectivity index (χ1) is 8.45. The van der Waals surface area contributed by atoms with Crippen LogP contribution in [0.1, 0.15) is 10.4 Å². The average Bonchev–Trinajstić information content (AvgIpc) is 2.35. The van der Waals surface area contributed by atoms with Crippen LogP contribution in [0.4, 0.5) is 0 Å². The molecule has 0 bridgehead atoms. The van der Waals surface area contributed by atoms with Crippen molar-refractivity contribution in [3.05, 3.63) is 28.8 Å². The highest BCUT2D eigenvalue weighted by Gasteiger charge is 2.17. The van der Waals surface area contributed by atoms with Gasteiger partial charge in [0.1, 0.15) is 5.75 Å². The summed E-state index contributed by atoms with van der Waals surface area (Å²) < 4.78 is 4.98. The molecule has 98 valence electrons. The molecule has 0 saturated carbocycles. The van der Waals surface area contributed by atoms with Gasteiger partial charge in [-0.1, -0.05) is 11.6 Å².